The zero-order valence-electron chi connectivity index (χ0n) is 13.6. The van der Waals surface area contributed by atoms with Crippen LogP contribution in [-0.4, -0.2) is 24.0 Å². The first-order chi connectivity index (χ1) is 11.0. The van der Waals surface area contributed by atoms with Crippen molar-refractivity contribution in [1.29, 1.82) is 0 Å². The normalized spacial score (nSPS) is 13.8. The molecule has 0 radical (unpaired) electrons. The third kappa shape index (κ3) is 3.61. The second kappa shape index (κ2) is 7.68. The highest BCUT2D eigenvalue weighted by molar-refractivity contribution is 6.35. The smallest absolute Gasteiger partial charge is 0.207 e. The Balaban J connectivity index is 2.50. The minimum atomic E-state index is -0.549. The summed E-state index contributed by atoms with van der Waals surface area (Å²) in [7, 11) is 0. The molecule has 2 N–H and O–H groups in total. The lowest BCUT2D eigenvalue weighted by Crippen LogP contribution is -2.19. The van der Waals surface area contributed by atoms with Crippen molar-refractivity contribution in [1.82, 2.24) is 10.3 Å². The summed E-state index contributed by atoms with van der Waals surface area (Å²) in [6.07, 6.45) is 4.02. The Bertz CT molecular complexity index is 687. The van der Waals surface area contributed by atoms with E-state index >= 15 is 0 Å². The molecule has 0 aliphatic carbocycles. The van der Waals surface area contributed by atoms with Crippen molar-refractivity contribution in [2.24, 2.45) is 0 Å². The molecule has 6 heteroatoms. The van der Waals surface area contributed by atoms with Gasteiger partial charge in [0.15, 0.2) is 11.6 Å². The number of rotatable bonds is 8. The minimum absolute atomic E-state index is 0.0326. The fourth-order valence-corrected chi connectivity index (χ4v) is 2.84. The highest BCUT2D eigenvalue weighted by atomic mass is 35.5. The van der Waals surface area contributed by atoms with Crippen LogP contribution in [-0.2, 0) is 4.79 Å². The Labute approximate surface area is 140 Å². The number of amides is 1. The summed E-state index contributed by atoms with van der Waals surface area (Å²) in [4.78, 5) is 13.6. The molecule has 1 heterocycles. The Morgan fingerprint density at radius 3 is 2.78 bits per heavy atom. The van der Waals surface area contributed by atoms with E-state index in [2.05, 4.69) is 10.3 Å². The molecule has 0 aliphatic heterocycles. The maximum Gasteiger partial charge on any atom is 0.207 e. The van der Waals surface area contributed by atoms with Crippen molar-refractivity contribution in [3.8, 4) is 5.75 Å². The molecule has 2 atom stereocenters. The van der Waals surface area contributed by atoms with Crippen molar-refractivity contribution < 1.29 is 13.9 Å². The van der Waals surface area contributed by atoms with Crippen LogP contribution in [0.4, 0.5) is 4.39 Å². The molecule has 0 aliphatic rings. The quantitative estimate of drug-likeness (QED) is 0.701. The van der Waals surface area contributed by atoms with Gasteiger partial charge in [0.1, 0.15) is 5.02 Å². The van der Waals surface area contributed by atoms with Gasteiger partial charge in [-0.25, -0.2) is 4.39 Å². The van der Waals surface area contributed by atoms with Crippen LogP contribution < -0.4 is 10.1 Å². The van der Waals surface area contributed by atoms with E-state index in [1.165, 1.54) is 0 Å². The predicted octanol–water partition coefficient (Wildman–Crippen LogP) is 4.38. The highest BCUT2D eigenvalue weighted by Crippen LogP contribution is 2.37. The highest BCUT2D eigenvalue weighted by Gasteiger charge is 2.21. The van der Waals surface area contributed by atoms with E-state index < -0.39 is 5.82 Å². The van der Waals surface area contributed by atoms with E-state index in [4.69, 9.17) is 16.3 Å². The third-order valence-electron chi connectivity index (χ3n) is 4.14. The number of halogens is 2. The standard InChI is InChI=1S/C17H22ClFN2O2/c1-4-10(3)23-14-6-12-13(11(5-2)7-20-9-22)8-21-17(12)15(18)16(14)19/h6,8-11,21H,4-5,7H2,1-3H3,(H,20,22). The first-order valence-corrected chi connectivity index (χ1v) is 8.23. The van der Waals surface area contributed by atoms with Crippen LogP contribution in [0.15, 0.2) is 12.3 Å². The van der Waals surface area contributed by atoms with E-state index in [0.717, 1.165) is 23.8 Å². The average molecular weight is 341 g/mol. The Morgan fingerprint density at radius 2 is 2.17 bits per heavy atom. The molecule has 0 bridgehead atoms. The van der Waals surface area contributed by atoms with E-state index in [1.807, 2.05) is 27.0 Å². The van der Waals surface area contributed by atoms with E-state index in [9.17, 15) is 9.18 Å². The molecule has 1 aromatic heterocycles. The van der Waals surface area contributed by atoms with E-state index in [1.54, 1.807) is 6.07 Å². The van der Waals surface area contributed by atoms with Crippen LogP contribution in [0.1, 0.15) is 45.1 Å². The molecule has 2 rings (SSSR count). The van der Waals surface area contributed by atoms with Gasteiger partial charge in [0, 0.05) is 24.0 Å². The van der Waals surface area contributed by atoms with Gasteiger partial charge in [0.2, 0.25) is 6.41 Å². The number of H-pyrrole nitrogens is 1. The number of carbonyl (C=O) groups is 1. The van der Waals surface area contributed by atoms with E-state index in [-0.39, 0.29) is 22.8 Å². The molecule has 0 saturated heterocycles. The average Bonchev–Trinajstić information content (AvgIpc) is 2.97. The number of aromatic amines is 1. The monoisotopic (exact) mass is 340 g/mol. The Hall–Kier alpha value is -1.75. The second-order valence-electron chi connectivity index (χ2n) is 5.64. The van der Waals surface area contributed by atoms with Crippen LogP contribution in [0.5, 0.6) is 5.75 Å². The molecule has 126 valence electrons. The number of hydrogen-bond acceptors (Lipinski definition) is 2. The summed E-state index contributed by atoms with van der Waals surface area (Å²) in [5, 5.41) is 3.56. The number of aromatic nitrogens is 1. The van der Waals surface area contributed by atoms with Crippen LogP contribution in [0.25, 0.3) is 10.9 Å². The van der Waals surface area contributed by atoms with Gasteiger partial charge < -0.3 is 15.0 Å². The van der Waals surface area contributed by atoms with Crippen LogP contribution in [0, 0.1) is 5.82 Å². The van der Waals surface area contributed by atoms with Crippen molar-refractivity contribution in [2.75, 3.05) is 6.54 Å². The first kappa shape index (κ1) is 17.6. The fraction of sp³-hybridized carbons (Fsp3) is 0.471. The molecule has 23 heavy (non-hydrogen) atoms. The Kier molecular flexibility index (Phi) is 5.88. The fourth-order valence-electron chi connectivity index (χ4n) is 2.59. The van der Waals surface area contributed by atoms with Crippen molar-refractivity contribution in [3.63, 3.8) is 0 Å². The van der Waals surface area contributed by atoms with Gasteiger partial charge in [-0.1, -0.05) is 25.4 Å². The summed E-state index contributed by atoms with van der Waals surface area (Å²) < 4.78 is 20.0. The van der Waals surface area contributed by atoms with Crippen molar-refractivity contribution in [3.05, 3.63) is 28.7 Å². The van der Waals surface area contributed by atoms with Gasteiger partial charge in [-0.3, -0.25) is 4.79 Å². The summed E-state index contributed by atoms with van der Waals surface area (Å²) in [5.41, 5.74) is 1.55. The van der Waals surface area contributed by atoms with Gasteiger partial charge in [0.25, 0.3) is 0 Å². The molecule has 1 aromatic carbocycles. The molecule has 2 aromatic rings. The van der Waals surface area contributed by atoms with Gasteiger partial charge >= 0.3 is 0 Å². The minimum Gasteiger partial charge on any atom is -0.488 e. The molecule has 0 fully saturated rings. The van der Waals surface area contributed by atoms with Crippen LogP contribution >= 0.6 is 11.6 Å². The number of fused-ring (bicyclic) bond motifs is 1. The van der Waals surface area contributed by atoms with Crippen LogP contribution in [0.3, 0.4) is 0 Å². The number of ether oxygens (including phenoxy) is 1. The van der Waals surface area contributed by atoms with Crippen LogP contribution in [0.2, 0.25) is 5.02 Å². The largest absolute Gasteiger partial charge is 0.488 e. The topological polar surface area (TPSA) is 54.1 Å². The lowest BCUT2D eigenvalue weighted by molar-refractivity contribution is -0.109. The summed E-state index contributed by atoms with van der Waals surface area (Å²) in [5.74, 6) is -0.269. The maximum atomic E-state index is 14.4. The summed E-state index contributed by atoms with van der Waals surface area (Å²) >= 11 is 6.17. The maximum absolute atomic E-state index is 14.4. The molecule has 0 spiro atoms. The summed E-state index contributed by atoms with van der Waals surface area (Å²) in [6.45, 7) is 6.42. The molecule has 4 nitrogen and oxygen atoms in total. The Morgan fingerprint density at radius 1 is 1.43 bits per heavy atom. The molecule has 0 saturated carbocycles. The van der Waals surface area contributed by atoms with E-state index in [0.29, 0.717) is 18.5 Å². The molecular weight excluding hydrogens is 319 g/mol. The number of nitrogens with one attached hydrogen (secondary N) is 2. The summed E-state index contributed by atoms with van der Waals surface area (Å²) in [6, 6.07) is 1.69. The van der Waals surface area contributed by atoms with Gasteiger partial charge in [0.05, 0.1) is 11.6 Å². The molecular formula is C17H22ClFN2O2. The number of carbonyl (C=O) groups excluding carboxylic acids is 1. The lowest BCUT2D eigenvalue weighted by Gasteiger charge is -2.16. The van der Waals surface area contributed by atoms with Crippen molar-refractivity contribution >= 4 is 28.9 Å². The second-order valence-corrected chi connectivity index (χ2v) is 6.02. The third-order valence-corrected chi connectivity index (χ3v) is 4.49. The zero-order chi connectivity index (χ0) is 17.0. The molecule has 1 amide bonds. The van der Waals surface area contributed by atoms with Gasteiger partial charge in [-0.2, -0.15) is 0 Å². The number of hydrogen-bond donors (Lipinski definition) is 2. The first-order valence-electron chi connectivity index (χ1n) is 7.86. The zero-order valence-corrected chi connectivity index (χ0v) is 14.3. The van der Waals surface area contributed by atoms with Gasteiger partial charge in [-0.15, -0.1) is 0 Å². The van der Waals surface area contributed by atoms with Gasteiger partial charge in [-0.05, 0) is 31.4 Å². The lowest BCUT2D eigenvalue weighted by atomic mass is 9.96. The number of benzene rings is 1. The molecule has 2 unspecified atom stereocenters. The predicted molar refractivity (Wildman–Crippen MR) is 90.7 cm³/mol. The SMILES string of the molecule is CCC(C)Oc1cc2c(C(CC)CNC=O)c[nH]c2c(Cl)c1F. The van der Waals surface area contributed by atoms with Crippen molar-refractivity contribution in [2.45, 2.75) is 45.6 Å².